The minimum atomic E-state index is -0.259. The van der Waals surface area contributed by atoms with Gasteiger partial charge in [0.1, 0.15) is 6.33 Å². The van der Waals surface area contributed by atoms with E-state index in [1.165, 1.54) is 0 Å². The highest BCUT2D eigenvalue weighted by Crippen LogP contribution is 2.19. The van der Waals surface area contributed by atoms with E-state index in [0.717, 1.165) is 26.7 Å². The Bertz CT molecular complexity index is 803. The number of rotatable bonds is 5. The van der Waals surface area contributed by atoms with Gasteiger partial charge in [-0.25, -0.2) is 19.9 Å². The second kappa shape index (κ2) is 7.39. The molecule has 0 fully saturated rings. The van der Waals surface area contributed by atoms with Crippen molar-refractivity contribution >= 4 is 40.4 Å². The molecule has 3 rings (SSSR count). The third-order valence-electron chi connectivity index (χ3n) is 3.15. The molecule has 1 heterocycles. The van der Waals surface area contributed by atoms with Crippen molar-refractivity contribution in [3.8, 4) is 0 Å². The lowest BCUT2D eigenvalue weighted by molar-refractivity contribution is 0.250. The van der Waals surface area contributed by atoms with Crippen molar-refractivity contribution in [3.05, 3.63) is 59.9 Å². The van der Waals surface area contributed by atoms with Crippen LogP contribution >= 0.6 is 23.4 Å². The summed E-state index contributed by atoms with van der Waals surface area (Å²) < 4.78 is 1.61. The first-order valence-corrected chi connectivity index (χ1v) is 8.44. The average molecular weight is 347 g/mol. The first-order chi connectivity index (χ1) is 11.2. The standard InChI is InChI=1S/C16H15ClN4OS/c17-12-5-7-13(8-6-12)23-10-9-18-16(22)20-21-11-19-14-3-1-2-4-15(14)21/h1-8,11H,9-10H2,(H2,18,20,22). The molecule has 1 aromatic heterocycles. The SMILES string of the molecule is O=C(NCCSc1ccc(Cl)cc1)Nn1cnc2ccccc21. The number of nitrogens with one attached hydrogen (secondary N) is 2. The zero-order chi connectivity index (χ0) is 16.1. The lowest BCUT2D eigenvalue weighted by Crippen LogP contribution is -2.35. The van der Waals surface area contributed by atoms with Gasteiger partial charge < -0.3 is 5.32 Å². The molecule has 0 radical (unpaired) electrons. The molecule has 3 aromatic rings. The number of halogens is 1. The average Bonchev–Trinajstić information content (AvgIpc) is 2.96. The number of carbonyl (C=O) groups excluding carboxylic acids is 1. The monoisotopic (exact) mass is 346 g/mol. The second-order valence-corrected chi connectivity index (χ2v) is 6.38. The van der Waals surface area contributed by atoms with Crippen LogP contribution in [0.5, 0.6) is 0 Å². The van der Waals surface area contributed by atoms with Crippen LogP contribution in [0.1, 0.15) is 0 Å². The highest BCUT2D eigenvalue weighted by Gasteiger charge is 2.05. The maximum Gasteiger partial charge on any atom is 0.333 e. The zero-order valence-corrected chi connectivity index (χ0v) is 13.8. The first kappa shape index (κ1) is 15.7. The van der Waals surface area contributed by atoms with Crippen LogP contribution in [0.3, 0.4) is 0 Å². The van der Waals surface area contributed by atoms with Gasteiger partial charge in [-0.1, -0.05) is 23.7 Å². The molecule has 0 aliphatic carbocycles. The number of hydrogen-bond donors (Lipinski definition) is 2. The largest absolute Gasteiger partial charge is 0.336 e. The number of imidazole rings is 1. The molecular weight excluding hydrogens is 332 g/mol. The fourth-order valence-corrected chi connectivity index (χ4v) is 2.96. The van der Waals surface area contributed by atoms with Crippen molar-refractivity contribution in [2.75, 3.05) is 17.7 Å². The van der Waals surface area contributed by atoms with E-state index in [0.29, 0.717) is 6.54 Å². The van der Waals surface area contributed by atoms with Crippen molar-refractivity contribution in [1.29, 1.82) is 0 Å². The molecule has 0 aliphatic heterocycles. The van der Waals surface area contributed by atoms with Crippen molar-refractivity contribution in [2.45, 2.75) is 4.90 Å². The van der Waals surface area contributed by atoms with Gasteiger partial charge in [0.2, 0.25) is 0 Å². The van der Waals surface area contributed by atoms with E-state index in [-0.39, 0.29) is 6.03 Å². The molecule has 0 saturated carbocycles. The maximum atomic E-state index is 11.9. The number of urea groups is 1. The van der Waals surface area contributed by atoms with Gasteiger partial charge in [0.05, 0.1) is 11.0 Å². The predicted molar refractivity (Wildman–Crippen MR) is 94.7 cm³/mol. The van der Waals surface area contributed by atoms with Gasteiger partial charge in [-0.15, -0.1) is 11.8 Å². The molecular formula is C16H15ClN4OS. The van der Waals surface area contributed by atoms with Gasteiger partial charge in [-0.3, -0.25) is 0 Å². The molecule has 23 heavy (non-hydrogen) atoms. The summed E-state index contributed by atoms with van der Waals surface area (Å²) in [4.78, 5) is 17.3. The number of para-hydroxylation sites is 2. The number of amides is 2. The van der Waals surface area contributed by atoms with Crippen molar-refractivity contribution in [2.24, 2.45) is 0 Å². The second-order valence-electron chi connectivity index (χ2n) is 4.77. The number of carbonyl (C=O) groups is 1. The Morgan fingerprint density at radius 1 is 1.17 bits per heavy atom. The van der Waals surface area contributed by atoms with Crippen LogP contribution < -0.4 is 10.7 Å². The van der Waals surface area contributed by atoms with Crippen LogP contribution in [-0.2, 0) is 0 Å². The van der Waals surface area contributed by atoms with Gasteiger partial charge in [-0.2, -0.15) is 0 Å². The van der Waals surface area contributed by atoms with Gasteiger partial charge in [0.15, 0.2) is 0 Å². The van der Waals surface area contributed by atoms with Crippen LogP contribution in [0.2, 0.25) is 5.02 Å². The third kappa shape index (κ3) is 4.18. The molecule has 0 unspecified atom stereocenters. The highest BCUT2D eigenvalue weighted by atomic mass is 35.5. The predicted octanol–water partition coefficient (Wildman–Crippen LogP) is 3.74. The molecule has 0 aliphatic rings. The zero-order valence-electron chi connectivity index (χ0n) is 12.2. The van der Waals surface area contributed by atoms with Gasteiger partial charge >= 0.3 is 6.03 Å². The molecule has 0 bridgehead atoms. The Hall–Kier alpha value is -2.18. The molecule has 5 nitrogen and oxygen atoms in total. The molecule has 2 aromatic carbocycles. The topological polar surface area (TPSA) is 59.0 Å². The Labute approximate surface area is 143 Å². The van der Waals surface area contributed by atoms with E-state index < -0.39 is 0 Å². The van der Waals surface area contributed by atoms with Crippen LogP contribution in [0.4, 0.5) is 4.79 Å². The summed E-state index contributed by atoms with van der Waals surface area (Å²) in [6, 6.07) is 15.0. The molecule has 0 spiro atoms. The molecule has 7 heteroatoms. The number of thioether (sulfide) groups is 1. The Kier molecular flexibility index (Phi) is 5.05. The van der Waals surface area contributed by atoms with Gasteiger partial charge in [0.25, 0.3) is 0 Å². The van der Waals surface area contributed by atoms with E-state index in [4.69, 9.17) is 11.6 Å². The first-order valence-electron chi connectivity index (χ1n) is 7.08. The summed E-state index contributed by atoms with van der Waals surface area (Å²) in [7, 11) is 0. The molecule has 2 N–H and O–H groups in total. The molecule has 0 saturated heterocycles. The summed E-state index contributed by atoms with van der Waals surface area (Å²) >= 11 is 7.50. The van der Waals surface area contributed by atoms with Crippen LogP contribution in [0.15, 0.2) is 59.8 Å². The lowest BCUT2D eigenvalue weighted by atomic mass is 10.3. The van der Waals surface area contributed by atoms with E-state index in [9.17, 15) is 4.79 Å². The van der Waals surface area contributed by atoms with E-state index >= 15 is 0 Å². The summed E-state index contributed by atoms with van der Waals surface area (Å²) in [6.45, 7) is 0.561. The minimum Gasteiger partial charge on any atom is -0.336 e. The number of hydrogen-bond acceptors (Lipinski definition) is 3. The number of fused-ring (bicyclic) bond motifs is 1. The van der Waals surface area contributed by atoms with Crippen molar-refractivity contribution < 1.29 is 4.79 Å². The van der Waals surface area contributed by atoms with Crippen LogP contribution in [0, 0.1) is 0 Å². The van der Waals surface area contributed by atoms with E-state index in [2.05, 4.69) is 15.7 Å². The fourth-order valence-electron chi connectivity index (χ4n) is 2.06. The number of aromatic nitrogens is 2. The van der Waals surface area contributed by atoms with E-state index in [1.54, 1.807) is 22.8 Å². The summed E-state index contributed by atoms with van der Waals surface area (Å²) in [5.74, 6) is 0.778. The Morgan fingerprint density at radius 2 is 1.96 bits per heavy atom. The lowest BCUT2D eigenvalue weighted by Gasteiger charge is -2.08. The van der Waals surface area contributed by atoms with Crippen molar-refractivity contribution in [1.82, 2.24) is 15.0 Å². The Morgan fingerprint density at radius 3 is 2.78 bits per heavy atom. The molecule has 0 atom stereocenters. The number of benzene rings is 2. The van der Waals surface area contributed by atoms with Crippen LogP contribution in [-0.4, -0.2) is 28.0 Å². The maximum absolute atomic E-state index is 11.9. The molecule has 118 valence electrons. The quantitative estimate of drug-likeness (QED) is 0.546. The summed E-state index contributed by atoms with van der Waals surface area (Å²) in [5, 5.41) is 3.54. The highest BCUT2D eigenvalue weighted by molar-refractivity contribution is 7.99. The van der Waals surface area contributed by atoms with Crippen LogP contribution in [0.25, 0.3) is 11.0 Å². The van der Waals surface area contributed by atoms with Gasteiger partial charge in [0, 0.05) is 22.2 Å². The van der Waals surface area contributed by atoms with Crippen molar-refractivity contribution in [3.63, 3.8) is 0 Å². The number of nitrogens with zero attached hydrogens (tertiary/aromatic N) is 2. The smallest absolute Gasteiger partial charge is 0.333 e. The van der Waals surface area contributed by atoms with Gasteiger partial charge in [-0.05, 0) is 36.4 Å². The fraction of sp³-hybridized carbons (Fsp3) is 0.125. The summed E-state index contributed by atoms with van der Waals surface area (Å²) in [5.41, 5.74) is 4.45. The van der Waals surface area contributed by atoms with E-state index in [1.807, 2.05) is 48.5 Å². The minimum absolute atomic E-state index is 0.259. The molecule has 2 amide bonds. The normalized spacial score (nSPS) is 10.7. The third-order valence-corrected chi connectivity index (χ3v) is 4.41. The summed E-state index contributed by atoms with van der Waals surface area (Å²) in [6.07, 6.45) is 1.59. The Balaban J connectivity index is 1.45.